The fraction of sp³-hybridized carbons (Fsp3) is 0.733. The summed E-state index contributed by atoms with van der Waals surface area (Å²) in [5.41, 5.74) is 2.86. The number of allylic oxidation sites excluding steroid dienone is 3. The summed E-state index contributed by atoms with van der Waals surface area (Å²) >= 11 is 0. The molecule has 0 aromatic heterocycles. The van der Waals surface area contributed by atoms with E-state index in [-0.39, 0.29) is 12.1 Å². The van der Waals surface area contributed by atoms with E-state index in [1.807, 2.05) is 0 Å². The number of hydrogen-bond acceptors (Lipinski definition) is 2. The molecule has 2 unspecified atom stereocenters. The van der Waals surface area contributed by atoms with Crippen LogP contribution in [-0.2, 0) is 4.74 Å². The molecule has 0 saturated carbocycles. The van der Waals surface area contributed by atoms with Crippen molar-refractivity contribution in [1.82, 2.24) is 4.90 Å². The SMILES string of the molecule is [B]C1CN(CC=C(C)CCC=C(C)C)CC(C)O1. The zero-order valence-corrected chi connectivity index (χ0v) is 12.3. The highest BCUT2D eigenvalue weighted by atomic mass is 16.5. The highest BCUT2D eigenvalue weighted by molar-refractivity contribution is 6.11. The Morgan fingerprint density at radius 1 is 1.28 bits per heavy atom. The van der Waals surface area contributed by atoms with Gasteiger partial charge in [0, 0.05) is 25.6 Å². The molecule has 0 bridgehead atoms. The maximum absolute atomic E-state index is 5.84. The zero-order valence-electron chi connectivity index (χ0n) is 12.3. The monoisotopic (exact) mass is 247 g/mol. The minimum absolute atomic E-state index is 0.131. The highest BCUT2D eigenvalue weighted by Gasteiger charge is 2.20. The van der Waals surface area contributed by atoms with E-state index in [0.717, 1.165) is 32.5 Å². The van der Waals surface area contributed by atoms with Gasteiger partial charge in [0.2, 0.25) is 0 Å². The van der Waals surface area contributed by atoms with E-state index in [9.17, 15) is 0 Å². The molecule has 1 aliphatic rings. The lowest BCUT2D eigenvalue weighted by molar-refractivity contribution is -0.0361. The van der Waals surface area contributed by atoms with Crippen molar-refractivity contribution in [3.8, 4) is 0 Å². The highest BCUT2D eigenvalue weighted by Crippen LogP contribution is 2.11. The molecule has 0 N–H and O–H groups in total. The summed E-state index contributed by atoms with van der Waals surface area (Å²) < 4.78 is 5.52. The van der Waals surface area contributed by atoms with Crippen LogP contribution in [0.5, 0.6) is 0 Å². The Kier molecular flexibility index (Phi) is 6.73. The van der Waals surface area contributed by atoms with Crippen LogP contribution in [-0.4, -0.2) is 44.5 Å². The molecular formula is C15H26BNO. The third kappa shape index (κ3) is 6.41. The van der Waals surface area contributed by atoms with Gasteiger partial charge in [0.1, 0.15) is 7.85 Å². The molecule has 1 heterocycles. The van der Waals surface area contributed by atoms with E-state index in [1.54, 1.807) is 0 Å². The lowest BCUT2D eigenvalue weighted by Crippen LogP contribution is -2.46. The Bertz CT molecular complexity index is 298. The lowest BCUT2D eigenvalue weighted by Gasteiger charge is -2.35. The average Bonchev–Trinajstić information content (AvgIpc) is 2.24. The first-order valence-corrected chi connectivity index (χ1v) is 6.89. The third-order valence-corrected chi connectivity index (χ3v) is 3.15. The van der Waals surface area contributed by atoms with E-state index >= 15 is 0 Å². The Hall–Kier alpha value is -0.535. The Morgan fingerprint density at radius 2 is 2.00 bits per heavy atom. The number of nitrogens with zero attached hydrogens (tertiary/aromatic N) is 1. The van der Waals surface area contributed by atoms with E-state index in [0.29, 0.717) is 0 Å². The smallest absolute Gasteiger partial charge is 0.110 e. The minimum Gasteiger partial charge on any atom is -0.382 e. The molecule has 0 spiro atoms. The van der Waals surface area contributed by atoms with E-state index in [2.05, 4.69) is 44.7 Å². The van der Waals surface area contributed by atoms with Gasteiger partial charge in [0.25, 0.3) is 0 Å². The molecule has 0 aromatic carbocycles. The molecule has 100 valence electrons. The molecule has 1 rings (SSSR count). The number of ether oxygens (including phenoxy) is 1. The molecule has 3 heteroatoms. The van der Waals surface area contributed by atoms with Gasteiger partial charge in [-0.1, -0.05) is 23.3 Å². The van der Waals surface area contributed by atoms with Crippen molar-refractivity contribution in [2.75, 3.05) is 19.6 Å². The van der Waals surface area contributed by atoms with Crippen LogP contribution in [0.25, 0.3) is 0 Å². The van der Waals surface area contributed by atoms with Gasteiger partial charge < -0.3 is 4.74 Å². The predicted molar refractivity (Wildman–Crippen MR) is 79.0 cm³/mol. The van der Waals surface area contributed by atoms with Crippen LogP contribution in [0, 0.1) is 0 Å². The lowest BCUT2D eigenvalue weighted by atomic mass is 9.97. The predicted octanol–water partition coefficient (Wildman–Crippen LogP) is 2.89. The molecule has 18 heavy (non-hydrogen) atoms. The quantitative estimate of drug-likeness (QED) is 0.547. The standard InChI is InChI=1S/C15H26BNO/c1-12(2)6-5-7-13(3)8-9-17-10-14(4)18-15(16)11-17/h6,8,14-15H,5,7,9-11H2,1-4H3. The topological polar surface area (TPSA) is 12.5 Å². The number of morpholine rings is 1. The van der Waals surface area contributed by atoms with Gasteiger partial charge in [-0.25, -0.2) is 0 Å². The van der Waals surface area contributed by atoms with Gasteiger partial charge in [0.05, 0.1) is 6.10 Å². The van der Waals surface area contributed by atoms with Crippen molar-refractivity contribution in [3.63, 3.8) is 0 Å². The van der Waals surface area contributed by atoms with Crippen LogP contribution in [0.15, 0.2) is 23.3 Å². The van der Waals surface area contributed by atoms with Crippen LogP contribution in [0.2, 0.25) is 0 Å². The van der Waals surface area contributed by atoms with Gasteiger partial charge in [-0.2, -0.15) is 0 Å². The van der Waals surface area contributed by atoms with Gasteiger partial charge in [-0.05, 0) is 40.5 Å². The Morgan fingerprint density at radius 3 is 2.61 bits per heavy atom. The van der Waals surface area contributed by atoms with Gasteiger partial charge in [-0.15, -0.1) is 0 Å². The molecule has 2 nitrogen and oxygen atoms in total. The van der Waals surface area contributed by atoms with Crippen molar-refractivity contribution in [2.45, 2.75) is 52.6 Å². The summed E-state index contributed by atoms with van der Waals surface area (Å²) in [7, 11) is 5.84. The average molecular weight is 247 g/mol. The van der Waals surface area contributed by atoms with E-state index in [4.69, 9.17) is 12.6 Å². The summed E-state index contributed by atoms with van der Waals surface area (Å²) in [4.78, 5) is 2.36. The fourth-order valence-electron chi connectivity index (χ4n) is 2.20. The van der Waals surface area contributed by atoms with Gasteiger partial charge in [0.15, 0.2) is 0 Å². The van der Waals surface area contributed by atoms with Crippen molar-refractivity contribution in [2.24, 2.45) is 0 Å². The molecule has 0 amide bonds. The summed E-state index contributed by atoms with van der Waals surface area (Å²) in [6, 6.07) is -0.131. The molecule has 0 aliphatic carbocycles. The molecule has 1 saturated heterocycles. The summed E-state index contributed by atoms with van der Waals surface area (Å²) in [5, 5.41) is 0. The molecule has 2 atom stereocenters. The zero-order chi connectivity index (χ0) is 13.5. The fourth-order valence-corrected chi connectivity index (χ4v) is 2.20. The molecule has 1 aliphatic heterocycles. The molecule has 1 fully saturated rings. The normalized spacial score (nSPS) is 26.1. The van der Waals surface area contributed by atoms with Crippen molar-refractivity contribution in [3.05, 3.63) is 23.3 Å². The van der Waals surface area contributed by atoms with Crippen molar-refractivity contribution in [1.29, 1.82) is 0 Å². The first-order valence-electron chi connectivity index (χ1n) is 6.89. The molecule has 2 radical (unpaired) electrons. The first kappa shape index (κ1) is 15.5. The minimum atomic E-state index is -0.131. The second kappa shape index (κ2) is 7.80. The Balaban J connectivity index is 2.31. The second-order valence-corrected chi connectivity index (χ2v) is 5.57. The Labute approximate surface area is 113 Å². The van der Waals surface area contributed by atoms with Crippen LogP contribution in [0.4, 0.5) is 0 Å². The number of hydrogen-bond donors (Lipinski definition) is 0. The van der Waals surface area contributed by atoms with Gasteiger partial charge in [-0.3, -0.25) is 4.90 Å². The summed E-state index contributed by atoms with van der Waals surface area (Å²) in [5.74, 6) is 0. The van der Waals surface area contributed by atoms with E-state index in [1.165, 1.54) is 11.1 Å². The van der Waals surface area contributed by atoms with Crippen LogP contribution >= 0.6 is 0 Å². The maximum Gasteiger partial charge on any atom is 0.110 e. The van der Waals surface area contributed by atoms with Crippen LogP contribution in [0.3, 0.4) is 0 Å². The van der Waals surface area contributed by atoms with Crippen molar-refractivity contribution < 1.29 is 4.74 Å². The van der Waals surface area contributed by atoms with Crippen LogP contribution in [0.1, 0.15) is 40.5 Å². The van der Waals surface area contributed by atoms with Crippen LogP contribution < -0.4 is 0 Å². The first-order chi connectivity index (χ1) is 8.47. The largest absolute Gasteiger partial charge is 0.382 e. The summed E-state index contributed by atoms with van der Waals surface area (Å²) in [6.45, 7) is 11.4. The number of rotatable bonds is 5. The van der Waals surface area contributed by atoms with E-state index < -0.39 is 0 Å². The summed E-state index contributed by atoms with van der Waals surface area (Å²) in [6.07, 6.45) is 7.15. The van der Waals surface area contributed by atoms with Gasteiger partial charge >= 0.3 is 0 Å². The molecular weight excluding hydrogens is 221 g/mol. The molecule has 0 aromatic rings. The third-order valence-electron chi connectivity index (χ3n) is 3.15. The van der Waals surface area contributed by atoms with Crippen molar-refractivity contribution >= 4 is 7.85 Å². The maximum atomic E-state index is 5.84. The second-order valence-electron chi connectivity index (χ2n) is 5.57.